The molecule has 0 aliphatic heterocycles. The second-order valence-corrected chi connectivity index (χ2v) is 4.50. The van der Waals surface area contributed by atoms with Crippen LogP contribution in [-0.2, 0) is 11.3 Å². The molecule has 0 spiro atoms. The van der Waals surface area contributed by atoms with Gasteiger partial charge in [0.25, 0.3) is 0 Å². The highest BCUT2D eigenvalue weighted by atomic mass is 35.7. The number of methoxy groups -OCH3 is 1. The normalized spacial score (nSPS) is 10.3. The summed E-state index contributed by atoms with van der Waals surface area (Å²) < 4.78 is 41.0. The molecule has 1 rings (SSSR count). The topological polar surface area (TPSA) is 109 Å². The first-order valence-corrected chi connectivity index (χ1v) is 6.37. The van der Waals surface area contributed by atoms with Gasteiger partial charge in [0, 0.05) is 31.9 Å². The SMILES string of the molecule is C=C(C[n+]1ccc(N(C)C)cc1)OC.[O-][Cl+3]([O-])([O-])[O-]. The summed E-state index contributed by atoms with van der Waals surface area (Å²) in [4.78, 5) is 2.06. The monoisotopic (exact) mass is 292 g/mol. The Morgan fingerprint density at radius 3 is 2.00 bits per heavy atom. The van der Waals surface area contributed by atoms with Crippen molar-refractivity contribution < 1.29 is 38.2 Å². The van der Waals surface area contributed by atoms with E-state index in [0.29, 0.717) is 6.54 Å². The van der Waals surface area contributed by atoms with Gasteiger partial charge in [-0.1, -0.05) is 6.58 Å². The average Bonchev–Trinajstić information content (AvgIpc) is 2.27. The predicted octanol–water partition coefficient (Wildman–Crippen LogP) is -3.56. The Kier molecular flexibility index (Phi) is 7.35. The summed E-state index contributed by atoms with van der Waals surface area (Å²) >= 11 is 0. The van der Waals surface area contributed by atoms with Gasteiger partial charge in [-0.25, -0.2) is 18.6 Å². The zero-order valence-corrected chi connectivity index (χ0v) is 11.8. The van der Waals surface area contributed by atoms with Crippen molar-refractivity contribution >= 4 is 5.69 Å². The van der Waals surface area contributed by atoms with E-state index in [1.807, 2.05) is 31.1 Å². The van der Waals surface area contributed by atoms with E-state index in [1.165, 1.54) is 5.69 Å². The van der Waals surface area contributed by atoms with E-state index in [0.717, 1.165) is 5.76 Å². The smallest absolute Gasteiger partial charge is 0.204 e. The van der Waals surface area contributed by atoms with Gasteiger partial charge < -0.3 is 9.64 Å². The maximum absolute atomic E-state index is 8.49. The molecule has 0 amide bonds. The molecule has 1 heterocycles. The molecule has 0 aromatic carbocycles. The van der Waals surface area contributed by atoms with Crippen LogP contribution in [0.25, 0.3) is 0 Å². The van der Waals surface area contributed by atoms with Crippen molar-refractivity contribution in [2.24, 2.45) is 0 Å². The van der Waals surface area contributed by atoms with Crippen LogP contribution >= 0.6 is 0 Å². The van der Waals surface area contributed by atoms with E-state index >= 15 is 0 Å². The zero-order valence-electron chi connectivity index (χ0n) is 11.0. The molecule has 0 aliphatic carbocycles. The van der Waals surface area contributed by atoms with E-state index in [-0.39, 0.29) is 0 Å². The average molecular weight is 293 g/mol. The molecule has 0 atom stereocenters. The number of halogens is 1. The first-order chi connectivity index (χ1) is 8.63. The first kappa shape index (κ1) is 17.6. The Morgan fingerprint density at radius 1 is 1.26 bits per heavy atom. The molecular weight excluding hydrogens is 276 g/mol. The third kappa shape index (κ3) is 10.2. The van der Waals surface area contributed by atoms with Crippen molar-refractivity contribution in [1.29, 1.82) is 0 Å². The van der Waals surface area contributed by atoms with Gasteiger partial charge in [0.1, 0.15) is 0 Å². The summed E-state index contributed by atoms with van der Waals surface area (Å²) in [6.45, 7) is 4.47. The molecule has 0 fully saturated rings. The summed E-state index contributed by atoms with van der Waals surface area (Å²) in [5.74, 6) is 0.757. The Balaban J connectivity index is 0.000000555. The summed E-state index contributed by atoms with van der Waals surface area (Å²) in [7, 11) is 0.735. The fraction of sp³-hybridized carbons (Fsp3) is 0.364. The lowest BCUT2D eigenvalue weighted by Gasteiger charge is -2.17. The molecule has 0 aliphatic rings. The van der Waals surface area contributed by atoms with Crippen molar-refractivity contribution in [1.82, 2.24) is 0 Å². The summed E-state index contributed by atoms with van der Waals surface area (Å²) in [5.41, 5.74) is 1.18. The van der Waals surface area contributed by atoms with Crippen LogP contribution in [0.1, 0.15) is 0 Å². The first-order valence-electron chi connectivity index (χ1n) is 5.13. The fourth-order valence-corrected chi connectivity index (χ4v) is 1.12. The molecule has 108 valence electrons. The molecule has 0 radical (unpaired) electrons. The highest BCUT2D eigenvalue weighted by Crippen LogP contribution is 2.06. The molecule has 0 unspecified atom stereocenters. The van der Waals surface area contributed by atoms with Gasteiger partial charge in [0.05, 0.1) is 7.11 Å². The number of hydrogen-bond acceptors (Lipinski definition) is 6. The fourth-order valence-electron chi connectivity index (χ4n) is 1.12. The van der Waals surface area contributed by atoms with Crippen molar-refractivity contribution in [2.45, 2.75) is 6.54 Å². The van der Waals surface area contributed by atoms with Crippen molar-refractivity contribution in [3.63, 3.8) is 0 Å². The van der Waals surface area contributed by atoms with Gasteiger partial charge in [0.15, 0.2) is 18.2 Å². The molecule has 1 aromatic heterocycles. The van der Waals surface area contributed by atoms with Crippen LogP contribution in [-0.4, -0.2) is 21.2 Å². The van der Waals surface area contributed by atoms with Gasteiger partial charge in [0.2, 0.25) is 6.54 Å². The number of aromatic nitrogens is 1. The molecule has 19 heavy (non-hydrogen) atoms. The number of ether oxygens (including phenoxy) is 1. The van der Waals surface area contributed by atoms with Crippen LogP contribution in [0.4, 0.5) is 5.69 Å². The third-order valence-corrected chi connectivity index (χ3v) is 2.04. The number of pyridine rings is 1. The van der Waals surface area contributed by atoms with Crippen LogP contribution < -0.4 is 28.1 Å². The lowest BCUT2D eigenvalue weighted by molar-refractivity contribution is -2.00. The van der Waals surface area contributed by atoms with Crippen molar-refractivity contribution in [3.05, 3.63) is 36.9 Å². The van der Waals surface area contributed by atoms with E-state index in [9.17, 15) is 0 Å². The Bertz CT molecular complexity index is 383. The minimum Gasteiger partial charge on any atom is -0.495 e. The lowest BCUT2D eigenvalue weighted by Crippen LogP contribution is -2.68. The maximum atomic E-state index is 8.49. The third-order valence-electron chi connectivity index (χ3n) is 2.04. The van der Waals surface area contributed by atoms with E-state index in [4.69, 9.17) is 23.4 Å². The number of rotatable bonds is 4. The molecule has 0 N–H and O–H groups in total. The summed E-state index contributed by atoms with van der Waals surface area (Å²) in [6.07, 6.45) is 4.03. The molecule has 0 bridgehead atoms. The molecule has 1 aromatic rings. The van der Waals surface area contributed by atoms with Crippen molar-refractivity contribution in [3.8, 4) is 0 Å². The Hall–Kier alpha value is -1.38. The Morgan fingerprint density at radius 2 is 1.68 bits per heavy atom. The molecule has 8 heteroatoms. The number of hydrogen-bond donors (Lipinski definition) is 0. The maximum Gasteiger partial charge on any atom is 0.204 e. The largest absolute Gasteiger partial charge is 0.495 e. The van der Waals surface area contributed by atoms with E-state index < -0.39 is 10.2 Å². The second kappa shape index (κ2) is 7.93. The Labute approximate surface area is 114 Å². The standard InChI is InChI=1S/C11H17N2O.ClHO4/c1-10(14-4)9-13-7-5-11(6-8-13)12(2)3;2-1(3,4)5/h5-8H,1,9H2,2-4H3;(H,2,3,4,5)/q+1;/p-1. The highest BCUT2D eigenvalue weighted by molar-refractivity contribution is 5.41. The van der Waals surface area contributed by atoms with Gasteiger partial charge in [-0.2, -0.15) is 4.57 Å². The molecule has 0 saturated heterocycles. The van der Waals surface area contributed by atoms with Crippen LogP contribution in [0.5, 0.6) is 0 Å². The lowest BCUT2D eigenvalue weighted by atomic mass is 10.3. The van der Waals surface area contributed by atoms with E-state index in [1.54, 1.807) is 7.11 Å². The summed E-state index contributed by atoms with van der Waals surface area (Å²) in [5, 5.41) is 0. The minimum absolute atomic E-state index is 0.699. The summed E-state index contributed by atoms with van der Waals surface area (Å²) in [6, 6.07) is 4.12. The predicted molar refractivity (Wildman–Crippen MR) is 57.1 cm³/mol. The van der Waals surface area contributed by atoms with Gasteiger partial charge in [-0.3, -0.25) is 0 Å². The minimum atomic E-state index is -4.94. The number of anilines is 1. The van der Waals surface area contributed by atoms with Crippen LogP contribution in [0, 0.1) is 10.2 Å². The van der Waals surface area contributed by atoms with Crippen molar-refractivity contribution in [2.75, 3.05) is 26.1 Å². The molecule has 7 nitrogen and oxygen atoms in total. The molecular formula is C11H17ClN2O5. The zero-order chi connectivity index (χ0) is 15.1. The van der Waals surface area contributed by atoms with Gasteiger partial charge in [-0.15, -0.1) is 10.2 Å². The van der Waals surface area contributed by atoms with Crippen LogP contribution in [0.2, 0.25) is 0 Å². The van der Waals surface area contributed by atoms with E-state index in [2.05, 4.69) is 23.6 Å². The molecule has 0 saturated carbocycles. The quantitative estimate of drug-likeness (QED) is 0.420. The van der Waals surface area contributed by atoms with Crippen LogP contribution in [0.3, 0.4) is 0 Å². The van der Waals surface area contributed by atoms with Gasteiger partial charge in [-0.05, 0) is 0 Å². The van der Waals surface area contributed by atoms with Gasteiger partial charge >= 0.3 is 0 Å². The van der Waals surface area contributed by atoms with Crippen LogP contribution in [0.15, 0.2) is 36.9 Å². The number of allylic oxidation sites excluding steroid dienone is 1. The second-order valence-electron chi connectivity index (χ2n) is 3.74. The highest BCUT2D eigenvalue weighted by Gasteiger charge is 2.03. The number of nitrogens with zero attached hydrogens (tertiary/aromatic N) is 2.